The Bertz CT molecular complexity index is 779. The maximum atomic E-state index is 12.7. The van der Waals surface area contributed by atoms with E-state index in [9.17, 15) is 4.79 Å². The molecule has 0 bridgehead atoms. The second-order valence-corrected chi connectivity index (χ2v) is 8.85. The molecular weight excluding hydrogens is 525 g/mol. The lowest BCUT2D eigenvalue weighted by molar-refractivity contribution is 0.0232. The van der Waals surface area contributed by atoms with Gasteiger partial charge in [-0.1, -0.05) is 12.1 Å². The molecule has 7 nitrogen and oxygen atoms in total. The molecule has 2 aromatic rings. The van der Waals surface area contributed by atoms with Crippen LogP contribution >= 0.6 is 35.3 Å². The molecular formula is C22H34IN5O2S. The van der Waals surface area contributed by atoms with Gasteiger partial charge in [-0.15, -0.1) is 35.3 Å². The third-order valence-electron chi connectivity index (χ3n) is 3.96. The average Bonchev–Trinajstić information content (AvgIpc) is 3.21. The molecule has 0 radical (unpaired) electrons. The lowest BCUT2D eigenvalue weighted by Crippen LogP contribution is -2.40. The number of guanidine groups is 1. The molecule has 0 aliphatic rings. The largest absolute Gasteiger partial charge is 0.444 e. The second kappa shape index (κ2) is 14.2. The van der Waals surface area contributed by atoms with Gasteiger partial charge in [-0.05, 0) is 57.2 Å². The molecule has 2 aromatic heterocycles. The van der Waals surface area contributed by atoms with Gasteiger partial charge in [-0.2, -0.15) is 0 Å². The summed E-state index contributed by atoms with van der Waals surface area (Å²) < 4.78 is 5.58. The fourth-order valence-corrected chi connectivity index (χ4v) is 3.28. The molecule has 2 rings (SSSR count). The fraction of sp³-hybridized carbons (Fsp3) is 0.500. The van der Waals surface area contributed by atoms with Crippen molar-refractivity contribution >= 4 is 47.4 Å². The predicted octanol–water partition coefficient (Wildman–Crippen LogP) is 4.64. The quantitative estimate of drug-likeness (QED) is 0.203. The van der Waals surface area contributed by atoms with Gasteiger partial charge in [0.1, 0.15) is 5.60 Å². The standard InChI is InChI=1S/C22H33N5O2S.HI/c1-5-24-20(26-16-19-10-7-14-30-19)25-12-8-13-27(21(28)29-22(2,3)4)17-18-9-6-11-23-15-18;/h6-7,9-11,14-15H,5,8,12-13,16-17H2,1-4H3,(H2,24,25,26);1H. The Hall–Kier alpha value is -1.88. The van der Waals surface area contributed by atoms with Crippen LogP contribution in [0.5, 0.6) is 0 Å². The Labute approximate surface area is 206 Å². The maximum Gasteiger partial charge on any atom is 0.410 e. The highest BCUT2D eigenvalue weighted by Gasteiger charge is 2.22. The molecule has 0 unspecified atom stereocenters. The van der Waals surface area contributed by atoms with Crippen LogP contribution in [0.15, 0.2) is 47.0 Å². The Morgan fingerprint density at radius 2 is 2.06 bits per heavy atom. The van der Waals surface area contributed by atoms with Crippen LogP contribution < -0.4 is 10.6 Å². The first-order valence-corrected chi connectivity index (χ1v) is 11.2. The Morgan fingerprint density at radius 3 is 2.68 bits per heavy atom. The summed E-state index contributed by atoms with van der Waals surface area (Å²) in [6.07, 6.45) is 3.95. The fourth-order valence-electron chi connectivity index (χ4n) is 2.65. The van der Waals surface area contributed by atoms with Crippen molar-refractivity contribution in [2.45, 2.75) is 52.8 Å². The van der Waals surface area contributed by atoms with Crippen LogP contribution in [0.3, 0.4) is 0 Å². The Kier molecular flexibility index (Phi) is 12.5. The number of aromatic nitrogens is 1. The summed E-state index contributed by atoms with van der Waals surface area (Å²) in [5.41, 5.74) is 0.442. The number of hydrogen-bond donors (Lipinski definition) is 2. The highest BCUT2D eigenvalue weighted by molar-refractivity contribution is 14.0. The molecule has 0 fully saturated rings. The number of thiophene rings is 1. The lowest BCUT2D eigenvalue weighted by atomic mass is 10.2. The highest BCUT2D eigenvalue weighted by atomic mass is 127. The van der Waals surface area contributed by atoms with Crippen molar-refractivity contribution in [3.63, 3.8) is 0 Å². The van der Waals surface area contributed by atoms with E-state index in [1.165, 1.54) is 4.88 Å². The first kappa shape index (κ1) is 27.2. The van der Waals surface area contributed by atoms with Crippen LogP contribution in [-0.4, -0.2) is 47.2 Å². The predicted molar refractivity (Wildman–Crippen MR) is 138 cm³/mol. The minimum absolute atomic E-state index is 0. The van der Waals surface area contributed by atoms with Crippen molar-refractivity contribution in [3.8, 4) is 0 Å². The Morgan fingerprint density at radius 1 is 1.26 bits per heavy atom. The molecule has 2 N–H and O–H groups in total. The van der Waals surface area contributed by atoms with Gasteiger partial charge in [0.15, 0.2) is 5.96 Å². The molecule has 2 heterocycles. The van der Waals surface area contributed by atoms with Gasteiger partial charge in [0, 0.05) is 36.9 Å². The minimum atomic E-state index is -0.533. The molecule has 172 valence electrons. The number of halogens is 1. The molecule has 0 atom stereocenters. The molecule has 0 saturated carbocycles. The lowest BCUT2D eigenvalue weighted by Gasteiger charge is -2.27. The minimum Gasteiger partial charge on any atom is -0.444 e. The molecule has 0 aliphatic heterocycles. The van der Waals surface area contributed by atoms with Crippen molar-refractivity contribution in [1.82, 2.24) is 20.5 Å². The number of carbonyl (C=O) groups excluding carboxylic acids is 1. The van der Waals surface area contributed by atoms with E-state index in [2.05, 4.69) is 32.1 Å². The van der Waals surface area contributed by atoms with Crippen LogP contribution in [-0.2, 0) is 17.8 Å². The monoisotopic (exact) mass is 559 g/mol. The maximum absolute atomic E-state index is 12.7. The van der Waals surface area contributed by atoms with Gasteiger partial charge in [0.2, 0.25) is 0 Å². The molecule has 0 saturated heterocycles. The zero-order valence-electron chi connectivity index (χ0n) is 18.8. The topological polar surface area (TPSA) is 78.9 Å². The first-order chi connectivity index (χ1) is 14.4. The summed E-state index contributed by atoms with van der Waals surface area (Å²) >= 11 is 1.70. The van der Waals surface area contributed by atoms with Gasteiger partial charge in [-0.3, -0.25) is 4.98 Å². The van der Waals surface area contributed by atoms with Crippen molar-refractivity contribution in [3.05, 3.63) is 52.5 Å². The second-order valence-electron chi connectivity index (χ2n) is 7.82. The van der Waals surface area contributed by atoms with E-state index >= 15 is 0 Å². The number of nitrogens with zero attached hydrogens (tertiary/aromatic N) is 3. The van der Waals surface area contributed by atoms with E-state index < -0.39 is 5.60 Å². The first-order valence-electron chi connectivity index (χ1n) is 10.3. The van der Waals surface area contributed by atoms with Gasteiger partial charge >= 0.3 is 6.09 Å². The van der Waals surface area contributed by atoms with Crippen LogP contribution in [0.25, 0.3) is 0 Å². The number of aliphatic imine (C=N–C) groups is 1. The number of ether oxygens (including phenoxy) is 1. The average molecular weight is 560 g/mol. The zero-order chi connectivity index (χ0) is 21.8. The van der Waals surface area contributed by atoms with E-state index in [-0.39, 0.29) is 30.1 Å². The summed E-state index contributed by atoms with van der Waals surface area (Å²) in [5.74, 6) is 0.780. The Balaban J connectivity index is 0.00000480. The van der Waals surface area contributed by atoms with Gasteiger partial charge < -0.3 is 20.3 Å². The third kappa shape index (κ3) is 11.3. The van der Waals surface area contributed by atoms with Gasteiger partial charge in [-0.25, -0.2) is 9.79 Å². The van der Waals surface area contributed by atoms with Gasteiger partial charge in [0.25, 0.3) is 0 Å². The molecule has 31 heavy (non-hydrogen) atoms. The number of amides is 1. The third-order valence-corrected chi connectivity index (χ3v) is 4.82. The van der Waals surface area contributed by atoms with Crippen molar-refractivity contribution < 1.29 is 9.53 Å². The molecule has 1 amide bonds. The number of hydrogen-bond acceptors (Lipinski definition) is 5. The summed E-state index contributed by atoms with van der Waals surface area (Å²) in [6, 6.07) is 7.94. The van der Waals surface area contributed by atoms with Crippen LogP contribution in [0.1, 0.15) is 44.6 Å². The van der Waals surface area contributed by atoms with Crippen LogP contribution in [0, 0.1) is 0 Å². The number of nitrogens with one attached hydrogen (secondary N) is 2. The van der Waals surface area contributed by atoms with Crippen LogP contribution in [0.4, 0.5) is 4.79 Å². The number of carbonyl (C=O) groups is 1. The SMILES string of the molecule is CCNC(=NCc1cccs1)NCCCN(Cc1cccnc1)C(=O)OC(C)(C)C.I. The van der Waals surface area contributed by atoms with E-state index in [1.54, 1.807) is 28.6 Å². The molecule has 0 aromatic carbocycles. The highest BCUT2D eigenvalue weighted by Crippen LogP contribution is 2.13. The summed E-state index contributed by atoms with van der Waals surface area (Å²) in [6.45, 7) is 10.9. The molecule has 0 aliphatic carbocycles. The van der Waals surface area contributed by atoms with Crippen molar-refractivity contribution in [1.29, 1.82) is 0 Å². The van der Waals surface area contributed by atoms with E-state index in [0.29, 0.717) is 26.2 Å². The van der Waals surface area contributed by atoms with Crippen LogP contribution in [0.2, 0.25) is 0 Å². The van der Waals surface area contributed by atoms with Gasteiger partial charge in [0.05, 0.1) is 13.1 Å². The zero-order valence-corrected chi connectivity index (χ0v) is 21.9. The summed E-state index contributed by atoms with van der Waals surface area (Å²) in [7, 11) is 0. The summed E-state index contributed by atoms with van der Waals surface area (Å²) in [4.78, 5) is 24.4. The normalized spacial score (nSPS) is 11.4. The van der Waals surface area contributed by atoms with E-state index in [1.807, 2.05) is 45.9 Å². The van der Waals surface area contributed by atoms with E-state index in [0.717, 1.165) is 24.5 Å². The smallest absolute Gasteiger partial charge is 0.410 e. The molecule has 9 heteroatoms. The number of pyridine rings is 1. The van der Waals surface area contributed by atoms with Crippen molar-refractivity contribution in [2.24, 2.45) is 4.99 Å². The van der Waals surface area contributed by atoms with Crippen molar-refractivity contribution in [2.75, 3.05) is 19.6 Å². The molecule has 0 spiro atoms. The summed E-state index contributed by atoms with van der Waals surface area (Å²) in [5, 5.41) is 8.65. The number of rotatable bonds is 9. The van der Waals surface area contributed by atoms with E-state index in [4.69, 9.17) is 4.74 Å².